The molecule has 1 aliphatic rings. The number of benzene rings is 1. The fourth-order valence-electron chi connectivity index (χ4n) is 3.38. The highest BCUT2D eigenvalue weighted by Crippen LogP contribution is 2.34. The number of aryl methyl sites for hydroxylation is 1. The van der Waals surface area contributed by atoms with Gasteiger partial charge in [-0.05, 0) is 29.9 Å². The Kier molecular flexibility index (Phi) is 5.77. The van der Waals surface area contributed by atoms with Crippen molar-refractivity contribution in [2.75, 3.05) is 19.6 Å². The molecule has 4 nitrogen and oxygen atoms in total. The molecule has 138 valence electrons. The Labute approximate surface area is 159 Å². The van der Waals surface area contributed by atoms with Crippen LogP contribution in [0, 0.1) is 18.8 Å². The molecule has 1 saturated heterocycles. The van der Waals surface area contributed by atoms with Crippen molar-refractivity contribution in [1.82, 2.24) is 10.2 Å². The first-order valence-electron chi connectivity index (χ1n) is 9.12. The summed E-state index contributed by atoms with van der Waals surface area (Å²) in [5.74, 6) is 0.302. The summed E-state index contributed by atoms with van der Waals surface area (Å²) in [7, 11) is 0. The Morgan fingerprint density at radius 2 is 1.92 bits per heavy atom. The lowest BCUT2D eigenvalue weighted by atomic mass is 9.88. The molecule has 1 aromatic heterocycles. The first-order chi connectivity index (χ1) is 12.5. The van der Waals surface area contributed by atoms with Gasteiger partial charge in [0.25, 0.3) is 5.91 Å². The van der Waals surface area contributed by atoms with E-state index >= 15 is 0 Å². The van der Waals surface area contributed by atoms with Crippen molar-refractivity contribution in [1.29, 1.82) is 0 Å². The number of thiophene rings is 1. The number of likely N-dealkylation sites (tertiary alicyclic amines) is 1. The highest BCUT2D eigenvalue weighted by Gasteiger charge is 2.40. The van der Waals surface area contributed by atoms with Gasteiger partial charge in [-0.2, -0.15) is 0 Å². The van der Waals surface area contributed by atoms with Crippen molar-refractivity contribution in [2.24, 2.45) is 11.8 Å². The highest BCUT2D eigenvalue weighted by atomic mass is 32.1. The average molecular weight is 371 g/mol. The van der Waals surface area contributed by atoms with Crippen LogP contribution in [-0.4, -0.2) is 36.3 Å². The zero-order chi connectivity index (χ0) is 18.7. The van der Waals surface area contributed by atoms with Gasteiger partial charge in [0, 0.05) is 25.6 Å². The first-order valence-corrected chi connectivity index (χ1v) is 10.0. The fraction of sp³-hybridized carbons (Fsp3) is 0.429. The van der Waals surface area contributed by atoms with E-state index in [2.05, 4.69) is 50.4 Å². The molecule has 1 N–H and O–H groups in total. The second-order valence-corrected chi connectivity index (χ2v) is 8.40. The number of nitrogens with one attached hydrogen (secondary N) is 1. The monoisotopic (exact) mass is 370 g/mol. The molecule has 1 aliphatic heterocycles. The lowest BCUT2D eigenvalue weighted by molar-refractivity contribution is -0.125. The Bertz CT molecular complexity index is 753. The summed E-state index contributed by atoms with van der Waals surface area (Å²) in [6.45, 7) is 7.93. The van der Waals surface area contributed by atoms with Gasteiger partial charge in [-0.3, -0.25) is 9.59 Å². The predicted octanol–water partition coefficient (Wildman–Crippen LogP) is 3.68. The van der Waals surface area contributed by atoms with Crippen LogP contribution in [0.2, 0.25) is 0 Å². The number of hydrogen-bond acceptors (Lipinski definition) is 3. The Morgan fingerprint density at radius 1 is 1.19 bits per heavy atom. The van der Waals surface area contributed by atoms with E-state index in [1.807, 2.05) is 22.4 Å². The number of hydrogen-bond donors (Lipinski definition) is 1. The molecule has 3 rings (SSSR count). The summed E-state index contributed by atoms with van der Waals surface area (Å²) in [6.07, 6.45) is 0. The molecule has 0 saturated carbocycles. The fourth-order valence-corrected chi connectivity index (χ4v) is 4.07. The van der Waals surface area contributed by atoms with Crippen LogP contribution in [0.25, 0.3) is 0 Å². The maximum absolute atomic E-state index is 12.8. The zero-order valence-corrected chi connectivity index (χ0v) is 16.4. The van der Waals surface area contributed by atoms with Gasteiger partial charge in [-0.25, -0.2) is 0 Å². The quantitative estimate of drug-likeness (QED) is 0.873. The lowest BCUT2D eigenvalue weighted by Gasteiger charge is -2.19. The third-order valence-corrected chi connectivity index (χ3v) is 5.72. The average Bonchev–Trinajstić information content (AvgIpc) is 3.29. The molecule has 2 aromatic rings. The zero-order valence-electron chi connectivity index (χ0n) is 15.6. The van der Waals surface area contributed by atoms with Crippen LogP contribution in [0.15, 0.2) is 41.8 Å². The van der Waals surface area contributed by atoms with Crippen LogP contribution in [0.4, 0.5) is 0 Å². The molecule has 2 heterocycles. The minimum atomic E-state index is -0.208. The molecule has 0 spiro atoms. The van der Waals surface area contributed by atoms with Crippen LogP contribution in [0.5, 0.6) is 0 Å². The van der Waals surface area contributed by atoms with Gasteiger partial charge in [0.05, 0.1) is 10.8 Å². The summed E-state index contributed by atoms with van der Waals surface area (Å²) >= 11 is 1.45. The molecule has 26 heavy (non-hydrogen) atoms. The van der Waals surface area contributed by atoms with Gasteiger partial charge < -0.3 is 10.2 Å². The van der Waals surface area contributed by atoms with Crippen LogP contribution in [-0.2, 0) is 4.79 Å². The molecule has 2 amide bonds. The number of carbonyl (C=O) groups is 2. The minimum Gasteiger partial charge on any atom is -0.356 e. The summed E-state index contributed by atoms with van der Waals surface area (Å²) in [4.78, 5) is 28.1. The molecule has 5 heteroatoms. The lowest BCUT2D eigenvalue weighted by Crippen LogP contribution is -2.37. The number of amides is 2. The molecule has 0 radical (unpaired) electrons. The second kappa shape index (κ2) is 8.04. The Balaban J connectivity index is 1.81. The highest BCUT2D eigenvalue weighted by molar-refractivity contribution is 7.12. The molecule has 0 bridgehead atoms. The van der Waals surface area contributed by atoms with Crippen molar-refractivity contribution >= 4 is 23.2 Å². The molecule has 0 aliphatic carbocycles. The second-order valence-electron chi connectivity index (χ2n) is 7.45. The normalized spacial score (nSPS) is 19.8. The molecular formula is C21H26N2O2S. The van der Waals surface area contributed by atoms with Crippen molar-refractivity contribution < 1.29 is 9.59 Å². The van der Waals surface area contributed by atoms with Crippen molar-refractivity contribution in [3.8, 4) is 0 Å². The van der Waals surface area contributed by atoms with Crippen LogP contribution >= 0.6 is 11.3 Å². The molecule has 1 fully saturated rings. The van der Waals surface area contributed by atoms with Crippen LogP contribution in [0.1, 0.15) is 40.6 Å². The van der Waals surface area contributed by atoms with Gasteiger partial charge in [-0.1, -0.05) is 49.7 Å². The number of carbonyl (C=O) groups excluding carboxylic acids is 2. The first kappa shape index (κ1) is 18.6. The van der Waals surface area contributed by atoms with Crippen molar-refractivity contribution in [2.45, 2.75) is 26.7 Å². The molecule has 1 aromatic carbocycles. The SMILES string of the molecule is Cc1ccc(C2CN(C(=O)c3cccs3)CC2C(=O)NCC(C)C)cc1. The molecular weight excluding hydrogens is 344 g/mol. The smallest absolute Gasteiger partial charge is 0.263 e. The van der Waals surface area contributed by atoms with E-state index in [9.17, 15) is 9.59 Å². The Hall–Kier alpha value is -2.14. The largest absolute Gasteiger partial charge is 0.356 e. The van der Waals surface area contributed by atoms with Crippen molar-refractivity contribution in [3.05, 3.63) is 57.8 Å². The van der Waals surface area contributed by atoms with E-state index in [0.29, 0.717) is 25.6 Å². The van der Waals surface area contributed by atoms with Gasteiger partial charge in [-0.15, -0.1) is 11.3 Å². The standard InChI is InChI=1S/C21H26N2O2S/c1-14(2)11-22-20(24)18-13-23(21(25)19-5-4-10-26-19)12-17(18)16-8-6-15(3)7-9-16/h4-10,14,17-18H,11-13H2,1-3H3,(H,22,24). The minimum absolute atomic E-state index is 0.0243. The van der Waals surface area contributed by atoms with Gasteiger partial charge in [0.2, 0.25) is 5.91 Å². The van der Waals surface area contributed by atoms with E-state index < -0.39 is 0 Å². The van der Waals surface area contributed by atoms with Crippen LogP contribution in [0.3, 0.4) is 0 Å². The van der Waals surface area contributed by atoms with Gasteiger partial charge >= 0.3 is 0 Å². The summed E-state index contributed by atoms with van der Waals surface area (Å²) in [5, 5.41) is 4.97. The number of nitrogens with zero attached hydrogens (tertiary/aromatic N) is 1. The Morgan fingerprint density at radius 3 is 2.54 bits per heavy atom. The number of rotatable bonds is 5. The van der Waals surface area contributed by atoms with Gasteiger partial charge in [0.1, 0.15) is 0 Å². The topological polar surface area (TPSA) is 49.4 Å². The van der Waals surface area contributed by atoms with Crippen LogP contribution < -0.4 is 5.32 Å². The summed E-state index contributed by atoms with van der Waals surface area (Å²) in [6, 6.07) is 12.0. The maximum Gasteiger partial charge on any atom is 0.263 e. The molecule has 2 unspecified atom stereocenters. The van der Waals surface area contributed by atoms with E-state index in [4.69, 9.17) is 0 Å². The summed E-state index contributed by atoms with van der Waals surface area (Å²) < 4.78 is 0. The van der Waals surface area contributed by atoms with E-state index in [1.165, 1.54) is 16.9 Å². The third-order valence-electron chi connectivity index (χ3n) is 4.87. The summed E-state index contributed by atoms with van der Waals surface area (Å²) in [5.41, 5.74) is 2.32. The van der Waals surface area contributed by atoms with E-state index in [1.54, 1.807) is 0 Å². The predicted molar refractivity (Wildman–Crippen MR) is 105 cm³/mol. The maximum atomic E-state index is 12.8. The van der Waals surface area contributed by atoms with E-state index in [-0.39, 0.29) is 23.7 Å². The van der Waals surface area contributed by atoms with Gasteiger partial charge in [0.15, 0.2) is 0 Å². The molecule has 2 atom stereocenters. The van der Waals surface area contributed by atoms with E-state index in [0.717, 1.165) is 10.4 Å². The van der Waals surface area contributed by atoms with Crippen molar-refractivity contribution in [3.63, 3.8) is 0 Å². The third kappa shape index (κ3) is 4.15.